The number of aryl methyl sites for hydroxylation is 1. The highest BCUT2D eigenvalue weighted by Gasteiger charge is 2.15. The fourth-order valence-electron chi connectivity index (χ4n) is 2.65. The van der Waals surface area contributed by atoms with Crippen molar-refractivity contribution in [3.8, 4) is 11.5 Å². The predicted molar refractivity (Wildman–Crippen MR) is 101 cm³/mol. The Morgan fingerprint density at radius 3 is 2.65 bits per heavy atom. The zero-order chi connectivity index (χ0) is 18.4. The molecule has 1 N–H and O–H groups in total. The molecule has 0 saturated carbocycles. The summed E-state index contributed by atoms with van der Waals surface area (Å²) in [5.74, 6) is 1.14. The smallest absolute Gasteiger partial charge is 0.262 e. The molecule has 1 saturated heterocycles. The summed E-state index contributed by atoms with van der Waals surface area (Å²) in [5.41, 5.74) is 1.60. The van der Waals surface area contributed by atoms with Gasteiger partial charge in [-0.2, -0.15) is 0 Å². The Morgan fingerprint density at radius 2 is 1.96 bits per heavy atom. The summed E-state index contributed by atoms with van der Waals surface area (Å²) in [5, 5.41) is 3.46. The molecule has 5 nitrogen and oxygen atoms in total. The molecule has 0 spiro atoms. The Bertz CT molecular complexity index is 742. The van der Waals surface area contributed by atoms with Crippen LogP contribution < -0.4 is 14.8 Å². The molecule has 1 amide bonds. The normalized spacial score (nSPS) is 16.3. The summed E-state index contributed by atoms with van der Waals surface area (Å²) in [6, 6.07) is 12.5. The molecule has 0 unspecified atom stereocenters. The third-order valence-electron chi connectivity index (χ3n) is 4.10. The maximum atomic E-state index is 12.0. The van der Waals surface area contributed by atoms with Crippen LogP contribution in [0.4, 0.5) is 5.69 Å². The molecule has 6 heteroatoms. The standard InChI is InChI=1S/C20H22ClNO4/c1-14-11-17(8-9-19(14)21)26-13-20(23)22-15-4-6-16(7-5-15)25-12-18-3-2-10-24-18/h4-9,11,18H,2-3,10,12-13H2,1H3,(H,22,23)/t18-/m1/s1. The maximum absolute atomic E-state index is 12.0. The van der Waals surface area contributed by atoms with E-state index in [9.17, 15) is 4.79 Å². The average molecular weight is 376 g/mol. The Morgan fingerprint density at radius 1 is 1.19 bits per heavy atom. The van der Waals surface area contributed by atoms with Gasteiger partial charge < -0.3 is 19.5 Å². The largest absolute Gasteiger partial charge is 0.491 e. The van der Waals surface area contributed by atoms with Gasteiger partial charge in [-0.3, -0.25) is 4.79 Å². The second-order valence-electron chi connectivity index (χ2n) is 6.22. The number of hydrogen-bond donors (Lipinski definition) is 1. The monoisotopic (exact) mass is 375 g/mol. The van der Waals surface area contributed by atoms with Crippen molar-refractivity contribution in [2.45, 2.75) is 25.9 Å². The van der Waals surface area contributed by atoms with E-state index >= 15 is 0 Å². The van der Waals surface area contributed by atoms with Crippen LogP contribution in [0, 0.1) is 6.92 Å². The minimum Gasteiger partial charge on any atom is -0.491 e. The van der Waals surface area contributed by atoms with Gasteiger partial charge in [0.25, 0.3) is 5.91 Å². The number of rotatable bonds is 7. The molecule has 26 heavy (non-hydrogen) atoms. The van der Waals surface area contributed by atoms with E-state index in [4.69, 9.17) is 25.8 Å². The first-order chi connectivity index (χ1) is 12.6. The van der Waals surface area contributed by atoms with Crippen molar-refractivity contribution in [3.05, 3.63) is 53.1 Å². The highest BCUT2D eigenvalue weighted by molar-refractivity contribution is 6.31. The fourth-order valence-corrected chi connectivity index (χ4v) is 2.77. The summed E-state index contributed by atoms with van der Waals surface area (Å²) >= 11 is 5.97. The summed E-state index contributed by atoms with van der Waals surface area (Å²) < 4.78 is 16.7. The van der Waals surface area contributed by atoms with Crippen molar-refractivity contribution >= 4 is 23.2 Å². The van der Waals surface area contributed by atoms with Crippen LogP contribution in [0.25, 0.3) is 0 Å². The predicted octanol–water partition coefficient (Wildman–Crippen LogP) is 4.22. The van der Waals surface area contributed by atoms with E-state index in [1.165, 1.54) is 0 Å². The SMILES string of the molecule is Cc1cc(OCC(=O)Nc2ccc(OC[C@H]3CCCO3)cc2)ccc1Cl. The lowest BCUT2D eigenvalue weighted by atomic mass is 10.2. The van der Waals surface area contributed by atoms with Crippen molar-refractivity contribution < 1.29 is 19.0 Å². The highest BCUT2D eigenvalue weighted by atomic mass is 35.5. The number of ether oxygens (including phenoxy) is 3. The van der Waals surface area contributed by atoms with Crippen molar-refractivity contribution in [1.82, 2.24) is 0 Å². The van der Waals surface area contributed by atoms with Gasteiger partial charge >= 0.3 is 0 Å². The zero-order valence-electron chi connectivity index (χ0n) is 14.7. The van der Waals surface area contributed by atoms with Gasteiger partial charge in [-0.1, -0.05) is 11.6 Å². The third-order valence-corrected chi connectivity index (χ3v) is 4.52. The van der Waals surface area contributed by atoms with Gasteiger partial charge in [-0.25, -0.2) is 0 Å². The molecule has 2 aromatic carbocycles. The number of anilines is 1. The van der Waals surface area contributed by atoms with E-state index < -0.39 is 0 Å². The number of carbonyl (C=O) groups excluding carboxylic acids is 1. The van der Waals surface area contributed by atoms with Gasteiger partial charge in [0.1, 0.15) is 18.1 Å². The molecule has 138 valence electrons. The molecule has 0 aliphatic carbocycles. The van der Waals surface area contributed by atoms with Crippen LogP contribution in [0.5, 0.6) is 11.5 Å². The fraction of sp³-hybridized carbons (Fsp3) is 0.350. The van der Waals surface area contributed by atoms with Crippen molar-refractivity contribution in [2.75, 3.05) is 25.1 Å². The molecule has 3 rings (SSSR count). The molecule has 1 aliphatic rings. The number of benzene rings is 2. The number of nitrogens with one attached hydrogen (secondary N) is 1. The van der Waals surface area contributed by atoms with Gasteiger partial charge in [0.2, 0.25) is 0 Å². The summed E-state index contributed by atoms with van der Waals surface area (Å²) in [7, 11) is 0. The van der Waals surface area contributed by atoms with Crippen molar-refractivity contribution in [2.24, 2.45) is 0 Å². The van der Waals surface area contributed by atoms with Gasteiger partial charge in [-0.05, 0) is 67.8 Å². The van der Waals surface area contributed by atoms with E-state index in [1.807, 2.05) is 19.1 Å². The highest BCUT2D eigenvalue weighted by Crippen LogP contribution is 2.21. The molecular weight excluding hydrogens is 354 g/mol. The Hall–Kier alpha value is -2.24. The van der Waals surface area contributed by atoms with E-state index in [2.05, 4.69) is 5.32 Å². The van der Waals surface area contributed by atoms with Crippen LogP contribution >= 0.6 is 11.6 Å². The minimum absolute atomic E-state index is 0.0711. The van der Waals surface area contributed by atoms with Crippen LogP contribution in [-0.2, 0) is 9.53 Å². The molecule has 1 aliphatic heterocycles. The van der Waals surface area contributed by atoms with Crippen molar-refractivity contribution in [3.63, 3.8) is 0 Å². The van der Waals surface area contributed by atoms with Gasteiger partial charge in [0, 0.05) is 17.3 Å². The lowest BCUT2D eigenvalue weighted by Gasteiger charge is -2.12. The van der Waals surface area contributed by atoms with Crippen LogP contribution in [0.2, 0.25) is 5.02 Å². The van der Waals surface area contributed by atoms with Gasteiger partial charge in [0.15, 0.2) is 6.61 Å². The molecule has 0 aromatic heterocycles. The first kappa shape index (κ1) is 18.5. The van der Waals surface area contributed by atoms with Gasteiger partial charge in [-0.15, -0.1) is 0 Å². The molecule has 0 bridgehead atoms. The molecule has 1 heterocycles. The first-order valence-corrected chi connectivity index (χ1v) is 9.01. The Balaban J connectivity index is 1.44. The second-order valence-corrected chi connectivity index (χ2v) is 6.63. The quantitative estimate of drug-likeness (QED) is 0.787. The van der Waals surface area contributed by atoms with E-state index in [0.717, 1.165) is 30.8 Å². The number of amides is 1. The lowest BCUT2D eigenvalue weighted by Crippen LogP contribution is -2.20. The average Bonchev–Trinajstić information content (AvgIpc) is 3.16. The third kappa shape index (κ3) is 5.38. The van der Waals surface area contributed by atoms with E-state index in [0.29, 0.717) is 23.1 Å². The number of halogens is 1. The maximum Gasteiger partial charge on any atom is 0.262 e. The first-order valence-electron chi connectivity index (χ1n) is 8.63. The van der Waals surface area contributed by atoms with Crippen molar-refractivity contribution in [1.29, 1.82) is 0 Å². The lowest BCUT2D eigenvalue weighted by molar-refractivity contribution is -0.118. The minimum atomic E-state index is -0.231. The van der Waals surface area contributed by atoms with Crippen LogP contribution in [0.15, 0.2) is 42.5 Å². The van der Waals surface area contributed by atoms with Gasteiger partial charge in [0.05, 0.1) is 6.10 Å². The van der Waals surface area contributed by atoms with Crippen LogP contribution in [0.1, 0.15) is 18.4 Å². The van der Waals surface area contributed by atoms with E-state index in [1.54, 1.807) is 30.3 Å². The molecule has 2 aromatic rings. The molecular formula is C20H22ClNO4. The molecule has 1 atom stereocenters. The topological polar surface area (TPSA) is 56.8 Å². The number of carbonyl (C=O) groups is 1. The Kier molecular flexibility index (Phi) is 6.36. The van der Waals surface area contributed by atoms with E-state index in [-0.39, 0.29) is 18.6 Å². The van der Waals surface area contributed by atoms with Crippen LogP contribution in [0.3, 0.4) is 0 Å². The molecule has 1 fully saturated rings. The second kappa shape index (κ2) is 8.92. The zero-order valence-corrected chi connectivity index (χ0v) is 15.4. The summed E-state index contributed by atoms with van der Waals surface area (Å²) in [6.45, 7) is 3.19. The summed E-state index contributed by atoms with van der Waals surface area (Å²) in [4.78, 5) is 12.0. The Labute approximate surface area is 158 Å². The van der Waals surface area contributed by atoms with Crippen LogP contribution in [-0.4, -0.2) is 31.8 Å². The number of hydrogen-bond acceptors (Lipinski definition) is 4. The summed E-state index contributed by atoms with van der Waals surface area (Å²) in [6.07, 6.45) is 2.32. The molecule has 0 radical (unpaired) electrons.